The Morgan fingerprint density at radius 3 is 2.42 bits per heavy atom. The molecule has 0 aromatic heterocycles. The van der Waals surface area contributed by atoms with Crippen molar-refractivity contribution in [2.24, 2.45) is 11.8 Å². The van der Waals surface area contributed by atoms with E-state index in [2.05, 4.69) is 10.6 Å². The normalized spacial score (nSPS) is 39.5. The number of nitrogens with one attached hydrogen (secondary N) is 2. The van der Waals surface area contributed by atoms with Crippen LogP contribution in [0.5, 0.6) is 0 Å². The summed E-state index contributed by atoms with van der Waals surface area (Å²) in [6, 6.07) is 0.208. The van der Waals surface area contributed by atoms with E-state index in [-0.39, 0.29) is 6.04 Å². The van der Waals surface area contributed by atoms with Gasteiger partial charge in [-0.25, -0.2) is 4.79 Å². The fourth-order valence-electron chi connectivity index (χ4n) is 2.46. The minimum Gasteiger partial charge on any atom is -0.465 e. The molecular formula is C8H14N2O2. The quantitative estimate of drug-likeness (QED) is 0.528. The number of carboxylic acid groups (broad SMARTS) is 1. The molecule has 0 spiro atoms. The molecule has 68 valence electrons. The average molecular weight is 170 g/mol. The van der Waals surface area contributed by atoms with Crippen LogP contribution in [0.2, 0.25) is 0 Å². The summed E-state index contributed by atoms with van der Waals surface area (Å²) in [5.41, 5.74) is 0. The Kier molecular flexibility index (Phi) is 1.92. The van der Waals surface area contributed by atoms with E-state index in [1.54, 1.807) is 0 Å². The SMILES string of the molecule is O=C(O)NC1CC2CNCC2C1. The molecule has 0 radical (unpaired) electrons. The van der Waals surface area contributed by atoms with Gasteiger partial charge in [0.05, 0.1) is 0 Å². The van der Waals surface area contributed by atoms with Crippen LogP contribution in [0.4, 0.5) is 4.79 Å². The monoisotopic (exact) mass is 170 g/mol. The van der Waals surface area contributed by atoms with Crippen LogP contribution in [0.1, 0.15) is 12.8 Å². The zero-order valence-corrected chi connectivity index (χ0v) is 6.92. The molecule has 0 aromatic rings. The maximum Gasteiger partial charge on any atom is 0.404 e. The maximum absolute atomic E-state index is 10.3. The Bertz CT molecular complexity index is 183. The standard InChI is InChI=1S/C8H14N2O2/c11-8(12)10-7-1-5-3-9-4-6(5)2-7/h5-7,9-10H,1-4H2,(H,11,12). The first-order valence-electron chi connectivity index (χ1n) is 4.46. The third-order valence-corrected chi connectivity index (χ3v) is 2.98. The smallest absolute Gasteiger partial charge is 0.404 e. The molecule has 1 saturated heterocycles. The molecule has 1 aliphatic heterocycles. The van der Waals surface area contributed by atoms with Crippen molar-refractivity contribution in [3.05, 3.63) is 0 Å². The van der Waals surface area contributed by atoms with Gasteiger partial charge in [-0.3, -0.25) is 0 Å². The fourth-order valence-corrected chi connectivity index (χ4v) is 2.46. The molecule has 2 fully saturated rings. The van der Waals surface area contributed by atoms with Gasteiger partial charge in [0.25, 0.3) is 0 Å². The third kappa shape index (κ3) is 1.39. The lowest BCUT2D eigenvalue weighted by Gasteiger charge is -2.09. The molecule has 2 unspecified atom stereocenters. The summed E-state index contributed by atoms with van der Waals surface area (Å²) in [7, 11) is 0. The molecule has 1 amide bonds. The first-order valence-corrected chi connectivity index (χ1v) is 4.46. The predicted molar refractivity (Wildman–Crippen MR) is 44.0 cm³/mol. The summed E-state index contributed by atoms with van der Waals surface area (Å²) in [4.78, 5) is 10.3. The molecular weight excluding hydrogens is 156 g/mol. The number of rotatable bonds is 1. The topological polar surface area (TPSA) is 61.4 Å². The van der Waals surface area contributed by atoms with E-state index >= 15 is 0 Å². The van der Waals surface area contributed by atoms with Crippen molar-refractivity contribution in [3.8, 4) is 0 Å². The highest BCUT2D eigenvalue weighted by molar-refractivity contribution is 5.64. The molecule has 0 aromatic carbocycles. The van der Waals surface area contributed by atoms with Gasteiger partial charge in [-0.2, -0.15) is 0 Å². The van der Waals surface area contributed by atoms with Crippen LogP contribution in [-0.2, 0) is 0 Å². The molecule has 4 nitrogen and oxygen atoms in total. The Hall–Kier alpha value is -0.770. The van der Waals surface area contributed by atoms with Crippen molar-refractivity contribution >= 4 is 6.09 Å². The molecule has 12 heavy (non-hydrogen) atoms. The van der Waals surface area contributed by atoms with Gasteiger partial charge in [-0.1, -0.05) is 0 Å². The van der Waals surface area contributed by atoms with Gasteiger partial charge in [0.15, 0.2) is 0 Å². The fraction of sp³-hybridized carbons (Fsp3) is 0.875. The van der Waals surface area contributed by atoms with Crippen LogP contribution in [0.15, 0.2) is 0 Å². The zero-order chi connectivity index (χ0) is 8.55. The summed E-state index contributed by atoms with van der Waals surface area (Å²) in [6.07, 6.45) is 1.15. The van der Waals surface area contributed by atoms with E-state index in [1.807, 2.05) is 0 Å². The van der Waals surface area contributed by atoms with Crippen LogP contribution >= 0.6 is 0 Å². The van der Waals surface area contributed by atoms with Crippen molar-refractivity contribution in [3.63, 3.8) is 0 Å². The molecule has 2 aliphatic rings. The lowest BCUT2D eigenvalue weighted by atomic mass is 10.0. The summed E-state index contributed by atoms with van der Waals surface area (Å²) in [5, 5.41) is 14.4. The molecule has 1 aliphatic carbocycles. The number of amides is 1. The van der Waals surface area contributed by atoms with Gasteiger partial charge in [0, 0.05) is 6.04 Å². The summed E-state index contributed by atoms with van der Waals surface area (Å²) >= 11 is 0. The van der Waals surface area contributed by atoms with Crippen molar-refractivity contribution in [2.75, 3.05) is 13.1 Å². The van der Waals surface area contributed by atoms with Gasteiger partial charge < -0.3 is 15.7 Å². The number of hydrogen-bond donors (Lipinski definition) is 3. The van der Waals surface area contributed by atoms with E-state index in [0.717, 1.165) is 25.9 Å². The lowest BCUT2D eigenvalue weighted by molar-refractivity contribution is 0.189. The zero-order valence-electron chi connectivity index (χ0n) is 6.92. The molecule has 2 rings (SSSR count). The van der Waals surface area contributed by atoms with E-state index in [9.17, 15) is 4.79 Å². The largest absolute Gasteiger partial charge is 0.465 e. The third-order valence-electron chi connectivity index (χ3n) is 2.98. The highest BCUT2D eigenvalue weighted by Gasteiger charge is 2.37. The molecule has 2 atom stereocenters. The van der Waals surface area contributed by atoms with Crippen LogP contribution in [-0.4, -0.2) is 30.3 Å². The number of fused-ring (bicyclic) bond motifs is 1. The van der Waals surface area contributed by atoms with Crippen molar-refractivity contribution < 1.29 is 9.90 Å². The summed E-state index contributed by atoms with van der Waals surface area (Å²) < 4.78 is 0. The van der Waals surface area contributed by atoms with E-state index in [4.69, 9.17) is 5.11 Å². The lowest BCUT2D eigenvalue weighted by Crippen LogP contribution is -2.32. The first-order chi connectivity index (χ1) is 5.75. The van der Waals surface area contributed by atoms with Gasteiger partial charge in [-0.05, 0) is 37.8 Å². The predicted octanol–water partition coefficient (Wildman–Crippen LogP) is 0.252. The minimum atomic E-state index is -0.882. The number of hydrogen-bond acceptors (Lipinski definition) is 2. The second kappa shape index (κ2) is 2.94. The van der Waals surface area contributed by atoms with E-state index in [0.29, 0.717) is 11.8 Å². The second-order valence-corrected chi connectivity index (χ2v) is 3.80. The van der Waals surface area contributed by atoms with E-state index < -0.39 is 6.09 Å². The van der Waals surface area contributed by atoms with Crippen LogP contribution in [0, 0.1) is 11.8 Å². The Balaban J connectivity index is 1.86. The Labute approximate surface area is 71.3 Å². The molecule has 0 bridgehead atoms. The van der Waals surface area contributed by atoms with Crippen molar-refractivity contribution in [1.29, 1.82) is 0 Å². The minimum absolute atomic E-state index is 0.208. The van der Waals surface area contributed by atoms with Crippen molar-refractivity contribution in [1.82, 2.24) is 10.6 Å². The summed E-state index contributed by atoms with van der Waals surface area (Å²) in [5.74, 6) is 1.42. The molecule has 1 saturated carbocycles. The highest BCUT2D eigenvalue weighted by atomic mass is 16.4. The van der Waals surface area contributed by atoms with Crippen LogP contribution in [0.25, 0.3) is 0 Å². The summed E-state index contributed by atoms with van der Waals surface area (Å²) in [6.45, 7) is 2.14. The molecule has 4 heteroatoms. The van der Waals surface area contributed by atoms with Crippen LogP contribution in [0.3, 0.4) is 0 Å². The number of carbonyl (C=O) groups is 1. The second-order valence-electron chi connectivity index (χ2n) is 3.80. The Morgan fingerprint density at radius 2 is 1.92 bits per heavy atom. The average Bonchev–Trinajstić information content (AvgIpc) is 2.43. The van der Waals surface area contributed by atoms with Crippen LogP contribution < -0.4 is 10.6 Å². The maximum atomic E-state index is 10.3. The first kappa shape index (κ1) is 7.86. The molecule has 3 N–H and O–H groups in total. The Morgan fingerprint density at radius 1 is 1.33 bits per heavy atom. The van der Waals surface area contributed by atoms with Gasteiger partial charge in [0.2, 0.25) is 0 Å². The van der Waals surface area contributed by atoms with Gasteiger partial charge in [0.1, 0.15) is 0 Å². The van der Waals surface area contributed by atoms with Crippen molar-refractivity contribution in [2.45, 2.75) is 18.9 Å². The van der Waals surface area contributed by atoms with E-state index in [1.165, 1.54) is 0 Å². The van der Waals surface area contributed by atoms with Gasteiger partial charge >= 0.3 is 6.09 Å². The molecule has 1 heterocycles. The highest BCUT2D eigenvalue weighted by Crippen LogP contribution is 2.34. The van der Waals surface area contributed by atoms with Gasteiger partial charge in [-0.15, -0.1) is 0 Å².